The smallest absolute Gasteiger partial charge is 0.432 e. The van der Waals surface area contributed by atoms with Crippen molar-refractivity contribution in [2.45, 2.75) is 18.4 Å². The lowest BCUT2D eigenvalue weighted by atomic mass is 9.96. The number of hydrogen-bond donors (Lipinski definition) is 2. The molecule has 18 heavy (non-hydrogen) atoms. The van der Waals surface area contributed by atoms with E-state index in [0.717, 1.165) is 0 Å². The fourth-order valence-electron chi connectivity index (χ4n) is 1.31. The van der Waals surface area contributed by atoms with Gasteiger partial charge < -0.3 is 19.7 Å². The Bertz CT molecular complexity index is 301. The zero-order valence-corrected chi connectivity index (χ0v) is 11.3. The third-order valence-electron chi connectivity index (χ3n) is 1.93. The van der Waals surface area contributed by atoms with Gasteiger partial charge in [-0.2, -0.15) is 0 Å². The van der Waals surface area contributed by atoms with Gasteiger partial charge in [-0.25, -0.2) is 4.79 Å². The van der Waals surface area contributed by atoms with Crippen LogP contribution in [0.15, 0.2) is 23.2 Å². The van der Waals surface area contributed by atoms with Gasteiger partial charge in [0, 0.05) is 22.9 Å². The van der Waals surface area contributed by atoms with Gasteiger partial charge in [0.1, 0.15) is 12.2 Å². The van der Waals surface area contributed by atoms with E-state index in [0.29, 0.717) is 0 Å². The van der Waals surface area contributed by atoms with Crippen LogP contribution in [0.3, 0.4) is 0 Å². The minimum absolute atomic E-state index is 0.00498. The number of carbonyl (C=O) groups excluding carboxylic acids is 1. The Labute approximate surface area is 116 Å². The summed E-state index contributed by atoms with van der Waals surface area (Å²) in [5.41, 5.74) is -1.36. The summed E-state index contributed by atoms with van der Waals surface area (Å²) in [5, 5.41) is 18.3. The van der Waals surface area contributed by atoms with Crippen molar-refractivity contribution >= 4 is 29.4 Å². The molecule has 0 aliphatic rings. The molecule has 0 fully saturated rings. The molecule has 2 N–H and O–H groups in total. The van der Waals surface area contributed by atoms with Gasteiger partial charge in [0.15, 0.2) is 0 Å². The van der Waals surface area contributed by atoms with E-state index in [2.05, 4.69) is 17.9 Å². The van der Waals surface area contributed by atoms with Crippen molar-refractivity contribution in [1.82, 2.24) is 0 Å². The maximum atomic E-state index is 11.3. The highest BCUT2D eigenvalue weighted by Gasteiger charge is 2.35. The van der Waals surface area contributed by atoms with Crippen LogP contribution in [-0.2, 0) is 9.47 Å². The van der Waals surface area contributed by atoms with Gasteiger partial charge in [-0.1, -0.05) is 36.4 Å². The monoisotopic (exact) mass is 298 g/mol. The van der Waals surface area contributed by atoms with Crippen LogP contribution in [0.1, 0.15) is 12.8 Å². The Morgan fingerprint density at radius 2 is 1.67 bits per heavy atom. The number of halogens is 2. The minimum atomic E-state index is -1.36. The van der Waals surface area contributed by atoms with Gasteiger partial charge in [-0.15, -0.1) is 0 Å². The van der Waals surface area contributed by atoms with Crippen LogP contribution in [0, 0.1) is 0 Å². The van der Waals surface area contributed by atoms with Gasteiger partial charge in [-0.05, 0) is 0 Å². The molecular weight excluding hydrogens is 283 g/mol. The van der Waals surface area contributed by atoms with Crippen molar-refractivity contribution < 1.29 is 24.5 Å². The highest BCUT2D eigenvalue weighted by molar-refractivity contribution is 6.30. The van der Waals surface area contributed by atoms with Gasteiger partial charge in [0.05, 0.1) is 13.2 Å². The largest absolute Gasteiger partial charge is 0.509 e. The Kier molecular flexibility index (Phi) is 8.02. The number of ether oxygens (including phenoxy) is 2. The SMILES string of the molecule is C=C(Cl)CC(CO)(CC(=C)Cl)OC(=O)OCCO. The van der Waals surface area contributed by atoms with E-state index in [1.165, 1.54) is 0 Å². The summed E-state index contributed by atoms with van der Waals surface area (Å²) >= 11 is 11.3. The molecule has 5 nitrogen and oxygen atoms in total. The highest BCUT2D eigenvalue weighted by Crippen LogP contribution is 2.30. The van der Waals surface area contributed by atoms with Gasteiger partial charge in [-0.3, -0.25) is 0 Å². The molecule has 0 spiro atoms. The highest BCUT2D eigenvalue weighted by atomic mass is 35.5. The Morgan fingerprint density at radius 3 is 2.00 bits per heavy atom. The first kappa shape index (κ1) is 17.2. The predicted octanol–water partition coefficient (Wildman–Crippen LogP) is 2.15. The average molecular weight is 299 g/mol. The van der Waals surface area contributed by atoms with Crippen LogP contribution < -0.4 is 0 Å². The lowest BCUT2D eigenvalue weighted by Gasteiger charge is -2.30. The first-order valence-electron chi connectivity index (χ1n) is 5.09. The Hall–Kier alpha value is -0.750. The first-order valence-corrected chi connectivity index (χ1v) is 5.85. The van der Waals surface area contributed by atoms with Crippen LogP contribution in [0.4, 0.5) is 4.79 Å². The molecule has 0 bridgehead atoms. The fourth-order valence-corrected chi connectivity index (χ4v) is 1.80. The average Bonchev–Trinajstić information content (AvgIpc) is 2.24. The standard InChI is InChI=1S/C11H16Cl2O5/c1-8(12)5-11(7-15,6-9(2)13)18-10(16)17-4-3-14/h14-15H,1-7H2. The lowest BCUT2D eigenvalue weighted by Crippen LogP contribution is -2.39. The molecule has 0 aromatic heterocycles. The molecule has 0 atom stereocenters. The van der Waals surface area contributed by atoms with Gasteiger partial charge in [0.25, 0.3) is 0 Å². The summed E-state index contributed by atoms with van der Waals surface area (Å²) in [6.45, 7) is 5.90. The zero-order valence-electron chi connectivity index (χ0n) is 9.82. The summed E-state index contributed by atoms with van der Waals surface area (Å²) in [4.78, 5) is 11.3. The van der Waals surface area contributed by atoms with Crippen LogP contribution in [0.25, 0.3) is 0 Å². The molecule has 0 aliphatic heterocycles. The number of carbonyl (C=O) groups is 1. The van der Waals surface area contributed by atoms with E-state index in [1.54, 1.807) is 0 Å². The maximum absolute atomic E-state index is 11.3. The summed E-state index contributed by atoms with van der Waals surface area (Å²) < 4.78 is 9.54. The predicted molar refractivity (Wildman–Crippen MR) is 68.6 cm³/mol. The van der Waals surface area contributed by atoms with Crippen molar-refractivity contribution in [2.24, 2.45) is 0 Å². The van der Waals surface area contributed by atoms with E-state index in [9.17, 15) is 9.90 Å². The maximum Gasteiger partial charge on any atom is 0.509 e. The number of aliphatic hydroxyl groups excluding tert-OH is 2. The van der Waals surface area contributed by atoms with Crippen molar-refractivity contribution in [3.63, 3.8) is 0 Å². The normalized spacial score (nSPS) is 10.9. The third kappa shape index (κ3) is 6.86. The summed E-state index contributed by atoms with van der Waals surface area (Å²) in [6.07, 6.45) is -1.02. The molecule has 0 aromatic rings. The molecular formula is C11H16Cl2O5. The molecule has 104 valence electrons. The van der Waals surface area contributed by atoms with Crippen LogP contribution >= 0.6 is 23.2 Å². The molecule has 0 amide bonds. The minimum Gasteiger partial charge on any atom is -0.432 e. The second-order valence-electron chi connectivity index (χ2n) is 3.65. The van der Waals surface area contributed by atoms with E-state index < -0.39 is 18.4 Å². The molecule has 0 aromatic carbocycles. The molecule has 7 heteroatoms. The Morgan fingerprint density at radius 1 is 1.17 bits per heavy atom. The molecule has 0 heterocycles. The third-order valence-corrected chi connectivity index (χ3v) is 2.19. The van der Waals surface area contributed by atoms with Crippen LogP contribution in [0.2, 0.25) is 0 Å². The van der Waals surface area contributed by atoms with Crippen molar-refractivity contribution in [1.29, 1.82) is 0 Å². The number of hydrogen-bond acceptors (Lipinski definition) is 5. The molecule has 0 aliphatic carbocycles. The Balaban J connectivity index is 4.76. The topological polar surface area (TPSA) is 76.0 Å². The first-order chi connectivity index (χ1) is 8.35. The van der Waals surface area contributed by atoms with E-state index in [4.69, 9.17) is 33.0 Å². The van der Waals surface area contributed by atoms with Crippen molar-refractivity contribution in [3.05, 3.63) is 23.2 Å². The van der Waals surface area contributed by atoms with Crippen LogP contribution in [-0.4, -0.2) is 41.8 Å². The summed E-state index contributed by atoms with van der Waals surface area (Å²) in [6, 6.07) is 0. The van der Waals surface area contributed by atoms with Crippen molar-refractivity contribution in [3.8, 4) is 0 Å². The fraction of sp³-hybridized carbons (Fsp3) is 0.545. The summed E-state index contributed by atoms with van der Waals surface area (Å²) in [7, 11) is 0. The van der Waals surface area contributed by atoms with Crippen LogP contribution in [0.5, 0.6) is 0 Å². The van der Waals surface area contributed by atoms with Gasteiger partial charge in [0.2, 0.25) is 0 Å². The molecule has 0 rings (SSSR count). The lowest BCUT2D eigenvalue weighted by molar-refractivity contribution is -0.0637. The molecule has 0 saturated carbocycles. The van der Waals surface area contributed by atoms with E-state index in [1.807, 2.05) is 0 Å². The van der Waals surface area contributed by atoms with Crippen molar-refractivity contribution in [2.75, 3.05) is 19.8 Å². The number of rotatable bonds is 8. The second kappa shape index (κ2) is 8.37. The second-order valence-corrected chi connectivity index (χ2v) is 4.72. The molecule has 0 unspecified atom stereocenters. The molecule has 0 saturated heterocycles. The zero-order chi connectivity index (χ0) is 14.2. The number of aliphatic hydroxyl groups is 2. The van der Waals surface area contributed by atoms with Gasteiger partial charge >= 0.3 is 6.16 Å². The van der Waals surface area contributed by atoms with E-state index >= 15 is 0 Å². The van der Waals surface area contributed by atoms with E-state index in [-0.39, 0.29) is 36.1 Å². The quantitative estimate of drug-likeness (QED) is 0.672. The molecule has 0 radical (unpaired) electrons. The summed E-state index contributed by atoms with van der Waals surface area (Å²) in [5.74, 6) is 0.